The molecule has 1 aromatic rings. The lowest BCUT2D eigenvalue weighted by Crippen LogP contribution is -2.42. The van der Waals surface area contributed by atoms with Crippen LogP contribution in [0.25, 0.3) is 6.08 Å². The van der Waals surface area contributed by atoms with Gasteiger partial charge in [-0.3, -0.25) is 0 Å². The van der Waals surface area contributed by atoms with E-state index < -0.39 is 0 Å². The van der Waals surface area contributed by atoms with Crippen LogP contribution < -0.4 is 14.4 Å². The zero-order chi connectivity index (χ0) is 18.8. The van der Waals surface area contributed by atoms with E-state index in [4.69, 9.17) is 9.47 Å². The number of likely N-dealkylation sites (tertiary alicyclic amines) is 1. The number of benzene rings is 1. The Bertz CT molecular complexity index is 692. The summed E-state index contributed by atoms with van der Waals surface area (Å²) in [4.78, 5) is 5.13. The number of nitrogens with zero attached hydrogens (tertiary/aromatic N) is 2. The second-order valence-electron chi connectivity index (χ2n) is 8.44. The molecule has 0 aromatic heterocycles. The molecule has 2 aliphatic heterocycles. The molecular formula is C23H34N2O2. The SMILES string of the molecule is COc1cc2c(cc1OCCCN1CCCC1)N(C(C)C)C1CCCC1=C2. The minimum absolute atomic E-state index is 0.479. The maximum atomic E-state index is 6.19. The van der Waals surface area contributed by atoms with E-state index in [0.717, 1.165) is 31.1 Å². The molecule has 4 heteroatoms. The fraction of sp³-hybridized carbons (Fsp3) is 0.652. The summed E-state index contributed by atoms with van der Waals surface area (Å²) in [6.07, 6.45) is 9.95. The van der Waals surface area contributed by atoms with Crippen LogP contribution in [0.3, 0.4) is 0 Å². The average molecular weight is 371 g/mol. The molecule has 27 heavy (non-hydrogen) atoms. The van der Waals surface area contributed by atoms with Crippen LogP contribution in [0.2, 0.25) is 0 Å². The summed E-state index contributed by atoms with van der Waals surface area (Å²) in [5.74, 6) is 1.74. The van der Waals surface area contributed by atoms with E-state index >= 15 is 0 Å². The quantitative estimate of drug-likeness (QED) is 0.648. The summed E-state index contributed by atoms with van der Waals surface area (Å²) in [5.41, 5.74) is 4.16. The van der Waals surface area contributed by atoms with E-state index in [1.165, 1.54) is 56.4 Å². The van der Waals surface area contributed by atoms with Crippen molar-refractivity contribution < 1.29 is 9.47 Å². The van der Waals surface area contributed by atoms with Crippen molar-refractivity contribution in [3.05, 3.63) is 23.3 Å². The van der Waals surface area contributed by atoms with Crippen LogP contribution in [0, 0.1) is 0 Å². The second kappa shape index (κ2) is 8.14. The number of methoxy groups -OCH3 is 1. The number of anilines is 1. The summed E-state index contributed by atoms with van der Waals surface area (Å²) in [6, 6.07) is 5.43. The predicted octanol–water partition coefficient (Wildman–Crippen LogP) is 4.72. The van der Waals surface area contributed by atoms with Crippen molar-refractivity contribution in [2.24, 2.45) is 0 Å². The van der Waals surface area contributed by atoms with Crippen molar-refractivity contribution in [1.29, 1.82) is 0 Å². The van der Waals surface area contributed by atoms with Crippen molar-refractivity contribution in [2.75, 3.05) is 38.3 Å². The molecular weight excluding hydrogens is 336 g/mol. The molecule has 4 nitrogen and oxygen atoms in total. The Balaban J connectivity index is 1.52. The normalized spacial score (nSPS) is 22.0. The highest BCUT2D eigenvalue weighted by Crippen LogP contribution is 2.45. The number of ether oxygens (including phenoxy) is 2. The summed E-state index contributed by atoms with van der Waals surface area (Å²) < 4.78 is 11.9. The third-order valence-corrected chi connectivity index (χ3v) is 6.27. The van der Waals surface area contributed by atoms with Gasteiger partial charge in [0.2, 0.25) is 0 Å². The van der Waals surface area contributed by atoms with Crippen LogP contribution in [-0.4, -0.2) is 50.3 Å². The Hall–Kier alpha value is -1.68. The Morgan fingerprint density at radius 2 is 1.93 bits per heavy atom. The standard InChI is InChI=1S/C23H34N2O2/c1-17(2)25-20-9-6-8-18(20)14-19-15-22(26-3)23(16-21(19)25)27-13-7-12-24-10-4-5-11-24/h14-17,20H,4-13H2,1-3H3. The topological polar surface area (TPSA) is 24.9 Å². The maximum absolute atomic E-state index is 6.19. The Morgan fingerprint density at radius 3 is 2.67 bits per heavy atom. The second-order valence-corrected chi connectivity index (χ2v) is 8.44. The molecule has 0 N–H and O–H groups in total. The number of hydrogen-bond donors (Lipinski definition) is 0. The molecule has 0 spiro atoms. The highest BCUT2D eigenvalue weighted by atomic mass is 16.5. The van der Waals surface area contributed by atoms with Crippen LogP contribution in [-0.2, 0) is 0 Å². The van der Waals surface area contributed by atoms with Crippen molar-refractivity contribution >= 4 is 11.8 Å². The van der Waals surface area contributed by atoms with Gasteiger partial charge in [0.05, 0.1) is 19.8 Å². The van der Waals surface area contributed by atoms with Gasteiger partial charge in [-0.1, -0.05) is 6.08 Å². The van der Waals surface area contributed by atoms with Crippen molar-refractivity contribution in [2.45, 2.75) is 64.5 Å². The van der Waals surface area contributed by atoms with Crippen LogP contribution in [0.1, 0.15) is 57.9 Å². The van der Waals surface area contributed by atoms with Gasteiger partial charge in [0, 0.05) is 29.9 Å². The van der Waals surface area contributed by atoms with Crippen LogP contribution >= 0.6 is 0 Å². The number of fused-ring (bicyclic) bond motifs is 2. The highest BCUT2D eigenvalue weighted by molar-refractivity contribution is 5.78. The van der Waals surface area contributed by atoms with Crippen molar-refractivity contribution in [3.63, 3.8) is 0 Å². The third kappa shape index (κ3) is 3.82. The lowest BCUT2D eigenvalue weighted by atomic mass is 9.95. The number of hydrogen-bond acceptors (Lipinski definition) is 4. The first-order valence-corrected chi connectivity index (χ1v) is 10.7. The highest BCUT2D eigenvalue weighted by Gasteiger charge is 2.34. The van der Waals surface area contributed by atoms with E-state index in [0.29, 0.717) is 12.1 Å². The summed E-state index contributed by atoms with van der Waals surface area (Å²) in [7, 11) is 1.74. The fourth-order valence-corrected chi connectivity index (χ4v) is 5.00. The van der Waals surface area contributed by atoms with Gasteiger partial charge in [-0.25, -0.2) is 0 Å². The van der Waals surface area contributed by atoms with Gasteiger partial charge in [0.25, 0.3) is 0 Å². The van der Waals surface area contributed by atoms with Gasteiger partial charge in [0.15, 0.2) is 11.5 Å². The molecule has 1 aromatic carbocycles. The Morgan fingerprint density at radius 1 is 1.11 bits per heavy atom. The molecule has 3 aliphatic rings. The molecule has 2 fully saturated rings. The molecule has 0 bridgehead atoms. The van der Waals surface area contributed by atoms with Crippen LogP contribution in [0.15, 0.2) is 17.7 Å². The zero-order valence-electron chi connectivity index (χ0n) is 17.2. The van der Waals surface area contributed by atoms with Gasteiger partial charge in [0.1, 0.15) is 0 Å². The molecule has 4 rings (SSSR count). The minimum Gasteiger partial charge on any atom is -0.493 e. The van der Waals surface area contributed by atoms with E-state index in [2.05, 4.69) is 41.9 Å². The lowest BCUT2D eigenvalue weighted by Gasteiger charge is -2.40. The van der Waals surface area contributed by atoms with Crippen LogP contribution in [0.4, 0.5) is 5.69 Å². The van der Waals surface area contributed by atoms with E-state index in [-0.39, 0.29) is 0 Å². The smallest absolute Gasteiger partial charge is 0.163 e. The molecule has 1 aliphatic carbocycles. The molecule has 2 heterocycles. The summed E-state index contributed by atoms with van der Waals surface area (Å²) in [5, 5.41) is 0. The van der Waals surface area contributed by atoms with Crippen molar-refractivity contribution in [1.82, 2.24) is 4.90 Å². The van der Waals surface area contributed by atoms with Gasteiger partial charge in [-0.05, 0) is 77.1 Å². The van der Waals surface area contributed by atoms with Crippen LogP contribution in [0.5, 0.6) is 11.5 Å². The Labute approximate surface area is 164 Å². The molecule has 0 amide bonds. The summed E-state index contributed by atoms with van der Waals surface area (Å²) >= 11 is 0. The van der Waals surface area contributed by atoms with Gasteiger partial charge < -0.3 is 19.3 Å². The monoisotopic (exact) mass is 370 g/mol. The molecule has 1 unspecified atom stereocenters. The van der Waals surface area contributed by atoms with E-state index in [1.807, 2.05) is 0 Å². The predicted molar refractivity (Wildman–Crippen MR) is 112 cm³/mol. The third-order valence-electron chi connectivity index (χ3n) is 6.27. The first-order valence-electron chi connectivity index (χ1n) is 10.7. The molecule has 0 radical (unpaired) electrons. The Kier molecular flexibility index (Phi) is 5.63. The van der Waals surface area contributed by atoms with Gasteiger partial charge in [-0.15, -0.1) is 0 Å². The largest absolute Gasteiger partial charge is 0.493 e. The molecule has 1 atom stereocenters. The van der Waals surface area contributed by atoms with Gasteiger partial charge >= 0.3 is 0 Å². The fourth-order valence-electron chi connectivity index (χ4n) is 5.00. The van der Waals surface area contributed by atoms with Crippen molar-refractivity contribution in [3.8, 4) is 11.5 Å². The number of rotatable bonds is 7. The first-order chi connectivity index (χ1) is 13.2. The van der Waals surface area contributed by atoms with E-state index in [1.54, 1.807) is 12.7 Å². The average Bonchev–Trinajstić information content (AvgIpc) is 3.33. The zero-order valence-corrected chi connectivity index (χ0v) is 17.2. The summed E-state index contributed by atoms with van der Waals surface area (Å²) in [6.45, 7) is 8.98. The first kappa shape index (κ1) is 18.7. The van der Waals surface area contributed by atoms with E-state index in [9.17, 15) is 0 Å². The molecule has 148 valence electrons. The maximum Gasteiger partial charge on any atom is 0.163 e. The molecule has 1 saturated carbocycles. The lowest BCUT2D eigenvalue weighted by molar-refractivity contribution is 0.254. The van der Waals surface area contributed by atoms with Gasteiger partial charge in [-0.2, -0.15) is 0 Å². The molecule has 1 saturated heterocycles. The minimum atomic E-state index is 0.479.